The predicted octanol–water partition coefficient (Wildman–Crippen LogP) is 15.9. The molecule has 16 rings (SSSR count). The topological polar surface area (TPSA) is 377 Å². The van der Waals surface area contributed by atoms with E-state index in [2.05, 4.69) is 42.1 Å². The van der Waals surface area contributed by atoms with Crippen LogP contribution in [-0.4, -0.2) is 209 Å². The molecule has 4 aliphatic heterocycles. The van der Waals surface area contributed by atoms with Crippen LogP contribution in [0.1, 0.15) is 202 Å². The first-order valence-corrected chi connectivity index (χ1v) is 52.5. The molecule has 4 atom stereocenters. The Morgan fingerprint density at radius 3 is 1.01 bits per heavy atom. The van der Waals surface area contributed by atoms with Crippen molar-refractivity contribution in [3.05, 3.63) is 210 Å². The van der Waals surface area contributed by atoms with E-state index in [1.165, 1.54) is 25.4 Å². The zero-order valence-corrected chi connectivity index (χ0v) is 84.1. The molecule has 4 fully saturated rings. The lowest BCUT2D eigenvalue weighted by Gasteiger charge is -2.30. The van der Waals surface area contributed by atoms with E-state index >= 15 is 0 Å². The fourth-order valence-corrected chi connectivity index (χ4v) is 20.2. The number of nitrogens with one attached hydrogen (secondary N) is 4. The van der Waals surface area contributed by atoms with E-state index in [9.17, 15) is 63.6 Å². The molecule has 4 saturated carbocycles. The van der Waals surface area contributed by atoms with Crippen LogP contribution >= 0.6 is 39.9 Å². The first kappa shape index (κ1) is 104. The van der Waals surface area contributed by atoms with Gasteiger partial charge in [0.05, 0.1) is 141 Å². The molecule has 0 aromatic heterocycles. The van der Waals surface area contributed by atoms with Gasteiger partial charge in [-0.05, 0) is 231 Å². The van der Waals surface area contributed by atoms with Gasteiger partial charge in [-0.25, -0.2) is 25.3 Å². The summed E-state index contributed by atoms with van der Waals surface area (Å²) < 4.78 is 119. The van der Waals surface area contributed by atoms with Gasteiger partial charge >= 0.3 is 0 Å². The van der Waals surface area contributed by atoms with Crippen molar-refractivity contribution in [3.63, 3.8) is 0 Å². The third kappa shape index (κ3) is 25.4. The first-order valence-electron chi connectivity index (χ1n) is 45.1. The van der Waals surface area contributed by atoms with E-state index in [0.717, 1.165) is 109 Å². The van der Waals surface area contributed by atoms with Gasteiger partial charge in [0, 0.05) is 89.2 Å². The van der Waals surface area contributed by atoms with Crippen molar-refractivity contribution in [2.75, 3.05) is 133 Å². The fraction of sp³-hybridized carbons (Fsp3) is 0.434. The maximum atomic E-state index is 13.7. The highest BCUT2D eigenvalue weighted by molar-refractivity contribution is 9.10. The van der Waals surface area contributed by atoms with Gasteiger partial charge in [-0.15, -0.1) is 12.4 Å². The zero-order chi connectivity index (χ0) is 97.2. The van der Waals surface area contributed by atoms with Gasteiger partial charge in [0.1, 0.15) is 29.5 Å². The van der Waals surface area contributed by atoms with Crippen molar-refractivity contribution in [2.24, 2.45) is 23.7 Å². The van der Waals surface area contributed by atoms with Crippen molar-refractivity contribution in [1.29, 1.82) is 0 Å². The van der Waals surface area contributed by atoms with Gasteiger partial charge in [0.2, 0.25) is 23.6 Å². The summed E-state index contributed by atoms with van der Waals surface area (Å²) >= 11 is 9.94. The van der Waals surface area contributed by atoms with Crippen molar-refractivity contribution in [3.8, 4) is 46.0 Å². The van der Waals surface area contributed by atoms with Crippen LogP contribution < -0.4 is 59.2 Å². The van der Waals surface area contributed by atoms with Crippen LogP contribution in [0.25, 0.3) is 0 Å². The van der Waals surface area contributed by atoms with Gasteiger partial charge in [0.15, 0.2) is 46.0 Å². The summed E-state index contributed by atoms with van der Waals surface area (Å²) in [4.78, 5) is 113. The number of hydrogen-bond donors (Lipinski definition) is 4. The largest absolute Gasteiger partial charge is 0.493 e. The minimum atomic E-state index is -3.47. The standard InChI is InChI=1S/C26H33N3O4.C25H30N2O6S.C24H27BrN2O6S.C24H27ClN2O6S.ClH/c1-5-33-23-15-18(11-12-22(23)32-4)21(13-14-28(2)3)29-16-19-7-6-8-20(24(19)26(29)31)27-25(30)17-9-10-17;1-4-33-22-14-17(10-11-21(22)32-2)20(12-13-34(3,30)31)27-15-18-6-5-7-19(23(18)25(27)29)26-24(28)16-8-9-16;2*1-4-33-21-11-15(7-10-20(21)32-2)19(13-34(3,30)31)27-12-16-17(25)8-9-18(22(16)24(27)29)26-23(28)14-5-6-14;/h6-8,11-12,15,17,21H,5,9-10,13-14,16H2,1-4H3,(H,27,30);5-7,10-11,14,16,20H,4,8-9,12-13,15H2,1-3H3,(H,26,28);2*7-11,14,19H,4-6,12-13H2,1-3H3,(H,26,28);1H/t21-;20-;2*19-;/m0011./s1. The van der Waals surface area contributed by atoms with Crippen LogP contribution in [0.3, 0.4) is 0 Å². The highest BCUT2D eigenvalue weighted by atomic mass is 79.9. The summed E-state index contributed by atoms with van der Waals surface area (Å²) in [6.07, 6.45) is 11.4. The summed E-state index contributed by atoms with van der Waals surface area (Å²) in [5, 5.41) is 12.0. The summed E-state index contributed by atoms with van der Waals surface area (Å²) in [5.41, 5.74) is 9.77. The van der Waals surface area contributed by atoms with Crippen molar-refractivity contribution in [1.82, 2.24) is 24.5 Å². The molecule has 31 nitrogen and oxygen atoms in total. The van der Waals surface area contributed by atoms with Crippen LogP contribution in [0.4, 0.5) is 22.7 Å². The van der Waals surface area contributed by atoms with Crippen LogP contribution in [0, 0.1) is 23.7 Å². The number of fused-ring (bicyclic) bond motifs is 4. The molecule has 8 aliphatic rings. The number of methoxy groups -OCH3 is 4. The Balaban J connectivity index is 0.000000163. The normalized spacial score (nSPS) is 16.1. The van der Waals surface area contributed by atoms with E-state index in [-0.39, 0.29) is 126 Å². The van der Waals surface area contributed by atoms with E-state index in [0.29, 0.717) is 152 Å². The lowest BCUT2D eigenvalue weighted by atomic mass is 10.0. The Bertz CT molecular complexity index is 6020. The smallest absolute Gasteiger partial charge is 0.257 e. The molecule has 0 radical (unpaired) electrons. The van der Waals surface area contributed by atoms with Crippen LogP contribution in [0.15, 0.2) is 138 Å². The van der Waals surface area contributed by atoms with Crippen molar-refractivity contribution >= 4 is 139 Å². The highest BCUT2D eigenvalue weighted by Gasteiger charge is 2.45. The van der Waals surface area contributed by atoms with Crippen LogP contribution in [0.2, 0.25) is 5.02 Å². The maximum Gasteiger partial charge on any atom is 0.257 e. The third-order valence-corrected chi connectivity index (χ3v) is 28.3. The number of ether oxygens (including phenoxy) is 8. The highest BCUT2D eigenvalue weighted by Crippen LogP contribution is 2.48. The van der Waals surface area contributed by atoms with E-state index < -0.39 is 47.6 Å². The molecule has 0 spiro atoms. The number of amides is 8. The number of halogens is 3. The molecule has 0 unspecified atom stereocenters. The first-order chi connectivity index (χ1) is 64.4. The molecule has 0 bridgehead atoms. The molecule has 8 amide bonds. The summed E-state index contributed by atoms with van der Waals surface area (Å²) in [5.74, 6) is 2.58. The Hall–Kier alpha value is -11.2. The number of carbonyl (C=O) groups is 8. The minimum absolute atomic E-state index is 0. The second-order valence-electron chi connectivity index (χ2n) is 35.0. The van der Waals surface area contributed by atoms with E-state index in [1.807, 2.05) is 101 Å². The predicted molar refractivity (Wildman–Crippen MR) is 525 cm³/mol. The molecule has 4 heterocycles. The minimum Gasteiger partial charge on any atom is -0.493 e. The van der Waals surface area contributed by atoms with E-state index in [1.54, 1.807) is 103 Å². The van der Waals surface area contributed by atoms with Gasteiger partial charge < -0.3 is 83.7 Å². The quantitative estimate of drug-likeness (QED) is 0.0279. The molecule has 8 aromatic rings. The second-order valence-corrected chi connectivity index (χ2v) is 42.9. The molecular formula is C99H118BrCl2N9O22S3. The molecular weight excluding hydrogens is 1910 g/mol. The molecule has 37 heteroatoms. The number of anilines is 4. The maximum absolute atomic E-state index is 13.7. The SMILES string of the molecule is CCOc1cc([C@@H](CS(C)(=O)=O)N2Cc3c(Br)ccc(NC(=O)C4CC4)c3C2=O)ccc1OC.CCOc1cc([C@@H](CS(C)(=O)=O)N2Cc3c(Cl)ccc(NC(=O)C4CC4)c3C2=O)ccc1OC.CCOc1cc([C@H](CCN(C)C)N2Cc3cccc(NC(=O)C4CC4)c3C2=O)ccc1OC.CCOc1cc([C@H](CCS(C)(=O)=O)N2Cc3cccc(NC(=O)C4CC4)c3C2=O)ccc1OC.Cl. The number of benzene rings is 8. The fourth-order valence-electron chi connectivity index (χ4n) is 17.0. The lowest BCUT2D eigenvalue weighted by molar-refractivity contribution is -0.118. The number of rotatable bonds is 38. The van der Waals surface area contributed by atoms with E-state index in [4.69, 9.17) is 49.5 Å². The summed E-state index contributed by atoms with van der Waals surface area (Å²) in [7, 11) is 0.112. The Labute approximate surface area is 814 Å². The number of sulfone groups is 3. The number of carbonyl (C=O) groups excluding carboxylic acids is 8. The second kappa shape index (κ2) is 44.9. The number of nitrogens with zero attached hydrogens (tertiary/aromatic N) is 5. The van der Waals surface area contributed by atoms with Crippen LogP contribution in [0.5, 0.6) is 46.0 Å². The lowest BCUT2D eigenvalue weighted by Crippen LogP contribution is -2.34. The Kier molecular flexibility index (Phi) is 34.3. The molecule has 136 heavy (non-hydrogen) atoms. The van der Waals surface area contributed by atoms with Crippen LogP contribution in [-0.2, 0) is 74.9 Å². The van der Waals surface area contributed by atoms with Crippen molar-refractivity contribution in [2.45, 2.75) is 142 Å². The molecule has 730 valence electrons. The van der Waals surface area contributed by atoms with Gasteiger partial charge in [-0.2, -0.15) is 0 Å². The molecule has 8 aromatic carbocycles. The Morgan fingerprint density at radius 2 is 0.699 bits per heavy atom. The summed E-state index contributed by atoms with van der Waals surface area (Å²) in [6, 6.07) is 37.3. The van der Waals surface area contributed by atoms with Gasteiger partial charge in [-0.1, -0.05) is 76.1 Å². The average Bonchev–Trinajstić information content (AvgIpc) is 1.61. The number of hydrogen-bond acceptors (Lipinski definition) is 23. The van der Waals surface area contributed by atoms with Gasteiger partial charge in [0.25, 0.3) is 23.6 Å². The third-order valence-electron chi connectivity index (χ3n) is 24.4. The molecule has 4 N–H and O–H groups in total. The summed E-state index contributed by atoms with van der Waals surface area (Å²) in [6.45, 7) is 11.2. The van der Waals surface area contributed by atoms with Crippen molar-refractivity contribution < 1.29 is 102 Å². The Morgan fingerprint density at radius 1 is 0.397 bits per heavy atom. The molecule has 4 aliphatic carbocycles. The molecule has 0 saturated heterocycles. The monoisotopic (exact) mass is 2030 g/mol. The average molecular weight is 2030 g/mol. The van der Waals surface area contributed by atoms with Gasteiger partial charge in [-0.3, -0.25) is 38.4 Å². The zero-order valence-electron chi connectivity index (χ0n) is 78.5.